The molecule has 1 N–H and O–H groups in total. The SMILES string of the molecule is CN1C(=O)[C@]2(Cc3ccccc31)N=C(c1ccc(OCCCO)cc1)O[C@@H]2c1ccc(-c2ccccc2)cc1. The molecule has 0 fully saturated rings. The molecule has 2 heterocycles. The predicted molar refractivity (Wildman–Crippen MR) is 152 cm³/mol. The summed E-state index contributed by atoms with van der Waals surface area (Å²) in [5.74, 6) is 1.06. The fourth-order valence-corrected chi connectivity index (χ4v) is 5.43. The Kier molecular flexibility index (Phi) is 6.63. The summed E-state index contributed by atoms with van der Waals surface area (Å²) in [6.07, 6.45) is 0.437. The number of carbonyl (C=O) groups is 1. The highest BCUT2D eigenvalue weighted by molar-refractivity contribution is 6.08. The summed E-state index contributed by atoms with van der Waals surface area (Å²) in [6, 6.07) is 33.9. The number of carbonyl (C=O) groups excluding carboxylic acids is 1. The molecule has 4 aromatic carbocycles. The maximum Gasteiger partial charge on any atom is 0.259 e. The molecule has 1 amide bonds. The highest BCUT2D eigenvalue weighted by Crippen LogP contribution is 2.47. The molecule has 0 bridgehead atoms. The monoisotopic (exact) mass is 518 g/mol. The van der Waals surface area contributed by atoms with Crippen molar-refractivity contribution in [1.82, 2.24) is 0 Å². The molecule has 39 heavy (non-hydrogen) atoms. The van der Waals surface area contributed by atoms with E-state index in [2.05, 4.69) is 30.3 Å². The van der Waals surface area contributed by atoms with Crippen LogP contribution in [0.5, 0.6) is 5.75 Å². The van der Waals surface area contributed by atoms with Gasteiger partial charge in [0.2, 0.25) is 5.90 Å². The zero-order chi connectivity index (χ0) is 26.8. The van der Waals surface area contributed by atoms with Gasteiger partial charge in [0, 0.05) is 37.7 Å². The van der Waals surface area contributed by atoms with Gasteiger partial charge in [-0.1, -0.05) is 72.8 Å². The Morgan fingerprint density at radius 1 is 0.897 bits per heavy atom. The molecule has 6 heteroatoms. The Morgan fingerprint density at radius 3 is 2.31 bits per heavy atom. The van der Waals surface area contributed by atoms with Crippen LogP contribution in [-0.4, -0.2) is 42.7 Å². The number of fused-ring (bicyclic) bond motifs is 1. The molecule has 2 aliphatic heterocycles. The van der Waals surface area contributed by atoms with Gasteiger partial charge in [0.25, 0.3) is 5.91 Å². The second-order valence-corrected chi connectivity index (χ2v) is 9.95. The highest BCUT2D eigenvalue weighted by atomic mass is 16.5. The van der Waals surface area contributed by atoms with Gasteiger partial charge in [-0.05, 0) is 52.6 Å². The van der Waals surface area contributed by atoms with E-state index < -0.39 is 11.6 Å². The molecule has 2 aliphatic rings. The number of aliphatic hydroxyl groups is 1. The van der Waals surface area contributed by atoms with Crippen LogP contribution < -0.4 is 9.64 Å². The van der Waals surface area contributed by atoms with Crippen LogP contribution in [0.3, 0.4) is 0 Å². The van der Waals surface area contributed by atoms with E-state index in [0.29, 0.717) is 31.1 Å². The molecular formula is C33H30N2O4. The van der Waals surface area contributed by atoms with Gasteiger partial charge in [-0.25, -0.2) is 4.99 Å². The zero-order valence-corrected chi connectivity index (χ0v) is 21.8. The minimum atomic E-state index is -1.12. The second-order valence-electron chi connectivity index (χ2n) is 9.95. The Balaban J connectivity index is 1.38. The van der Waals surface area contributed by atoms with Gasteiger partial charge in [0.1, 0.15) is 5.75 Å². The van der Waals surface area contributed by atoms with E-state index in [1.807, 2.05) is 79.8 Å². The standard InChI is InChI=1S/C33H30N2O4/c1-35-29-11-6-5-10-27(29)22-33(32(35)37)30(25-14-12-24(13-15-25)23-8-3-2-4-9-23)39-31(34-33)26-16-18-28(19-17-26)38-21-7-20-36/h2-6,8-19,30,36H,7,20-22H2,1H3/t30-,33-/m1/s1. The third-order valence-corrected chi connectivity index (χ3v) is 7.45. The zero-order valence-electron chi connectivity index (χ0n) is 21.8. The quantitative estimate of drug-likeness (QED) is 0.324. The van der Waals surface area contributed by atoms with E-state index in [-0.39, 0.29) is 12.5 Å². The fourth-order valence-electron chi connectivity index (χ4n) is 5.43. The van der Waals surface area contributed by atoms with Crippen molar-refractivity contribution in [3.63, 3.8) is 0 Å². The molecule has 2 atom stereocenters. The number of rotatable bonds is 7. The average Bonchev–Trinajstić information content (AvgIpc) is 3.37. The van der Waals surface area contributed by atoms with E-state index in [1.54, 1.807) is 4.90 Å². The molecule has 0 saturated heterocycles. The van der Waals surface area contributed by atoms with Gasteiger partial charge >= 0.3 is 0 Å². The number of aliphatic hydroxyl groups excluding tert-OH is 1. The maximum atomic E-state index is 14.1. The third-order valence-electron chi connectivity index (χ3n) is 7.45. The number of para-hydroxylation sites is 1. The molecule has 0 unspecified atom stereocenters. The topological polar surface area (TPSA) is 71.4 Å². The van der Waals surface area contributed by atoms with Gasteiger partial charge < -0.3 is 19.5 Å². The van der Waals surface area contributed by atoms with Crippen molar-refractivity contribution in [3.8, 4) is 16.9 Å². The lowest BCUT2D eigenvalue weighted by atomic mass is 9.78. The van der Waals surface area contributed by atoms with Crippen molar-refractivity contribution in [2.75, 3.05) is 25.2 Å². The number of hydrogen-bond donors (Lipinski definition) is 1. The third kappa shape index (κ3) is 4.57. The summed E-state index contributed by atoms with van der Waals surface area (Å²) in [5, 5.41) is 9.00. The summed E-state index contributed by atoms with van der Waals surface area (Å²) < 4.78 is 12.3. The van der Waals surface area contributed by atoms with Crippen LogP contribution in [0.4, 0.5) is 5.69 Å². The summed E-state index contributed by atoms with van der Waals surface area (Å²) in [6.45, 7) is 0.530. The lowest BCUT2D eigenvalue weighted by molar-refractivity contribution is -0.126. The lowest BCUT2D eigenvalue weighted by Crippen LogP contribution is -2.53. The van der Waals surface area contributed by atoms with Crippen LogP contribution in [0.2, 0.25) is 0 Å². The van der Waals surface area contributed by atoms with Gasteiger partial charge in [-0.3, -0.25) is 4.79 Å². The fraction of sp³-hybridized carbons (Fsp3) is 0.212. The first-order valence-electron chi connectivity index (χ1n) is 13.2. The Labute approximate surface area is 228 Å². The van der Waals surface area contributed by atoms with Crippen LogP contribution in [0.15, 0.2) is 108 Å². The van der Waals surface area contributed by atoms with E-state index >= 15 is 0 Å². The van der Waals surface area contributed by atoms with Crippen LogP contribution in [-0.2, 0) is 16.0 Å². The Morgan fingerprint density at radius 2 is 1.56 bits per heavy atom. The Bertz CT molecular complexity index is 1500. The van der Waals surface area contributed by atoms with Crippen LogP contribution in [0.25, 0.3) is 11.1 Å². The van der Waals surface area contributed by atoms with Crippen LogP contribution in [0, 0.1) is 0 Å². The molecule has 0 aromatic heterocycles. The van der Waals surface area contributed by atoms with Gasteiger partial charge in [0.05, 0.1) is 6.61 Å². The molecule has 0 aliphatic carbocycles. The molecule has 1 spiro atoms. The van der Waals surface area contributed by atoms with E-state index in [0.717, 1.165) is 33.5 Å². The molecular weight excluding hydrogens is 488 g/mol. The van der Waals surface area contributed by atoms with E-state index in [9.17, 15) is 4.79 Å². The van der Waals surface area contributed by atoms with E-state index in [4.69, 9.17) is 19.6 Å². The van der Waals surface area contributed by atoms with Crippen molar-refractivity contribution in [2.45, 2.75) is 24.5 Å². The smallest absolute Gasteiger partial charge is 0.259 e. The number of anilines is 1. The Hall–Kier alpha value is -4.42. The van der Waals surface area contributed by atoms with Crippen molar-refractivity contribution in [3.05, 3.63) is 120 Å². The summed E-state index contributed by atoms with van der Waals surface area (Å²) in [5.41, 5.74) is 4.75. The molecule has 6 rings (SSSR count). The van der Waals surface area contributed by atoms with Gasteiger partial charge in [-0.2, -0.15) is 0 Å². The first kappa shape index (κ1) is 24.9. The van der Waals surface area contributed by atoms with Crippen LogP contribution in [0.1, 0.15) is 29.2 Å². The normalized spacial score (nSPS) is 19.9. The largest absolute Gasteiger partial charge is 0.494 e. The number of ether oxygens (including phenoxy) is 2. The number of nitrogens with zero attached hydrogens (tertiary/aromatic N) is 2. The van der Waals surface area contributed by atoms with Crippen LogP contribution >= 0.6 is 0 Å². The summed E-state index contributed by atoms with van der Waals surface area (Å²) in [4.78, 5) is 20.8. The van der Waals surface area contributed by atoms with Crippen molar-refractivity contribution in [2.24, 2.45) is 4.99 Å². The predicted octanol–water partition coefficient (Wildman–Crippen LogP) is 5.59. The van der Waals surface area contributed by atoms with Crippen molar-refractivity contribution >= 4 is 17.5 Å². The molecule has 196 valence electrons. The summed E-state index contributed by atoms with van der Waals surface area (Å²) in [7, 11) is 1.81. The number of aliphatic imine (C=N–C) groups is 1. The minimum absolute atomic E-state index is 0.0858. The van der Waals surface area contributed by atoms with Crippen molar-refractivity contribution in [1.29, 1.82) is 0 Å². The number of hydrogen-bond acceptors (Lipinski definition) is 5. The average molecular weight is 519 g/mol. The molecule has 0 saturated carbocycles. The highest BCUT2D eigenvalue weighted by Gasteiger charge is 2.56. The lowest BCUT2D eigenvalue weighted by Gasteiger charge is -2.39. The first-order chi connectivity index (χ1) is 19.1. The number of amides is 1. The molecule has 6 nitrogen and oxygen atoms in total. The number of benzene rings is 4. The maximum absolute atomic E-state index is 14.1. The minimum Gasteiger partial charge on any atom is -0.494 e. The first-order valence-corrected chi connectivity index (χ1v) is 13.2. The second kappa shape index (κ2) is 10.4. The number of likely N-dealkylation sites (N-methyl/N-ethyl adjacent to an activating group) is 1. The summed E-state index contributed by atoms with van der Waals surface area (Å²) >= 11 is 0. The molecule has 0 radical (unpaired) electrons. The van der Waals surface area contributed by atoms with Crippen molar-refractivity contribution < 1.29 is 19.4 Å². The van der Waals surface area contributed by atoms with Gasteiger partial charge in [0.15, 0.2) is 11.6 Å². The van der Waals surface area contributed by atoms with Gasteiger partial charge in [-0.15, -0.1) is 0 Å². The van der Waals surface area contributed by atoms with E-state index in [1.165, 1.54) is 0 Å². The molecule has 4 aromatic rings.